The Bertz CT molecular complexity index is 666. The van der Waals surface area contributed by atoms with Gasteiger partial charge in [-0.2, -0.15) is 0 Å². The van der Waals surface area contributed by atoms with E-state index in [-0.39, 0.29) is 12.2 Å². The Hall–Kier alpha value is -1.59. The smallest absolute Gasteiger partial charge is 0.124 e. The van der Waals surface area contributed by atoms with Gasteiger partial charge in [0.15, 0.2) is 0 Å². The Kier molecular flexibility index (Phi) is 4.72. The largest absolute Gasteiger partial charge is 0.488 e. The maximum atomic E-state index is 10.00. The van der Waals surface area contributed by atoms with Crippen LogP contribution in [0.25, 0.3) is 0 Å². The lowest BCUT2D eigenvalue weighted by Gasteiger charge is -2.28. The van der Waals surface area contributed by atoms with Gasteiger partial charge in [0.1, 0.15) is 11.9 Å². The van der Waals surface area contributed by atoms with Crippen molar-refractivity contribution in [3.05, 3.63) is 40.3 Å². The summed E-state index contributed by atoms with van der Waals surface area (Å²) in [4.78, 5) is 4.69. The van der Waals surface area contributed by atoms with Crippen LogP contribution in [-0.2, 0) is 6.54 Å². The highest BCUT2D eigenvalue weighted by atomic mass is 32.1. The summed E-state index contributed by atoms with van der Waals surface area (Å²) < 4.78 is 5.93. The van der Waals surface area contributed by atoms with Crippen molar-refractivity contribution in [2.75, 3.05) is 5.32 Å². The molecule has 0 bridgehead atoms. The number of anilines is 1. The lowest BCUT2D eigenvalue weighted by molar-refractivity contribution is 0.00688. The Balaban J connectivity index is 1.30. The molecular formula is C19H24N2O2S. The number of hydrogen-bond donors (Lipinski definition) is 2. The van der Waals surface area contributed by atoms with Crippen molar-refractivity contribution in [2.24, 2.45) is 0 Å². The van der Waals surface area contributed by atoms with Crippen LogP contribution in [0.15, 0.2) is 29.6 Å². The van der Waals surface area contributed by atoms with Gasteiger partial charge in [0.25, 0.3) is 0 Å². The van der Waals surface area contributed by atoms with E-state index in [1.807, 2.05) is 24.3 Å². The Morgan fingerprint density at radius 2 is 1.92 bits per heavy atom. The molecule has 5 heteroatoms. The van der Waals surface area contributed by atoms with Crippen LogP contribution in [0, 0.1) is 0 Å². The first-order valence-corrected chi connectivity index (χ1v) is 9.79. The van der Waals surface area contributed by atoms with Crippen molar-refractivity contribution in [1.29, 1.82) is 0 Å². The number of hydrogen-bond acceptors (Lipinski definition) is 5. The van der Waals surface area contributed by atoms with Crippen molar-refractivity contribution < 1.29 is 9.84 Å². The van der Waals surface area contributed by atoms with Gasteiger partial charge in [-0.15, -0.1) is 11.3 Å². The highest BCUT2D eigenvalue weighted by Crippen LogP contribution is 2.41. The minimum absolute atomic E-state index is 0.0617. The first-order chi connectivity index (χ1) is 11.8. The van der Waals surface area contributed by atoms with E-state index in [0.717, 1.165) is 55.3 Å². The van der Waals surface area contributed by atoms with Crippen LogP contribution in [0.3, 0.4) is 0 Å². The normalized spacial score (nSPS) is 23.9. The fourth-order valence-corrected chi connectivity index (χ4v) is 4.15. The fraction of sp³-hybridized carbons (Fsp3) is 0.526. The highest BCUT2D eigenvalue weighted by molar-refractivity contribution is 7.09. The van der Waals surface area contributed by atoms with Gasteiger partial charge in [-0.3, -0.25) is 0 Å². The Labute approximate surface area is 146 Å². The molecule has 2 saturated carbocycles. The van der Waals surface area contributed by atoms with E-state index in [2.05, 4.69) is 10.7 Å². The monoisotopic (exact) mass is 344 g/mol. The zero-order valence-corrected chi connectivity index (χ0v) is 14.6. The third-order valence-corrected chi connectivity index (χ3v) is 5.84. The third kappa shape index (κ3) is 3.90. The molecule has 1 aromatic carbocycles. The van der Waals surface area contributed by atoms with Gasteiger partial charge >= 0.3 is 0 Å². The predicted molar refractivity (Wildman–Crippen MR) is 96.7 cm³/mol. The van der Waals surface area contributed by atoms with Crippen molar-refractivity contribution >= 4 is 17.0 Å². The van der Waals surface area contributed by atoms with Gasteiger partial charge in [0, 0.05) is 17.0 Å². The van der Waals surface area contributed by atoms with Gasteiger partial charge in [-0.05, 0) is 56.4 Å². The van der Waals surface area contributed by atoms with E-state index in [4.69, 9.17) is 9.72 Å². The number of aromatic nitrogens is 1. The summed E-state index contributed by atoms with van der Waals surface area (Å²) in [7, 11) is 0. The van der Waals surface area contributed by atoms with E-state index < -0.39 is 0 Å². The molecule has 0 spiro atoms. The molecular weight excluding hydrogens is 320 g/mol. The van der Waals surface area contributed by atoms with E-state index in [1.165, 1.54) is 17.8 Å². The summed E-state index contributed by atoms with van der Waals surface area (Å²) in [5.74, 6) is 1.56. The molecule has 128 valence electrons. The molecule has 4 nitrogen and oxygen atoms in total. The average Bonchev–Trinajstić information content (AvgIpc) is 3.35. The van der Waals surface area contributed by atoms with E-state index in [0.29, 0.717) is 0 Å². The van der Waals surface area contributed by atoms with Crippen LogP contribution in [0.1, 0.15) is 55.1 Å². The molecule has 24 heavy (non-hydrogen) atoms. The molecule has 1 heterocycles. The molecule has 2 fully saturated rings. The van der Waals surface area contributed by atoms with Crippen molar-refractivity contribution in [3.8, 4) is 5.75 Å². The first kappa shape index (κ1) is 15.9. The van der Waals surface area contributed by atoms with Gasteiger partial charge in [-0.1, -0.05) is 6.42 Å². The lowest BCUT2D eigenvalue weighted by atomic mass is 9.95. The molecule has 2 aliphatic carbocycles. The molecule has 2 aromatic rings. The summed E-state index contributed by atoms with van der Waals surface area (Å²) >= 11 is 1.78. The third-order valence-electron chi connectivity index (χ3n) is 4.78. The SMILES string of the molecule is O[C@H]1CCCC[C@H]1Oc1ccc(NCc2csc(C3CC3)n2)cc1. The number of nitrogens with one attached hydrogen (secondary N) is 1. The second-order valence-electron chi connectivity index (χ2n) is 6.84. The van der Waals surface area contributed by atoms with Crippen molar-refractivity contribution in [2.45, 2.75) is 63.2 Å². The van der Waals surface area contributed by atoms with Crippen LogP contribution >= 0.6 is 11.3 Å². The van der Waals surface area contributed by atoms with Crippen molar-refractivity contribution in [1.82, 2.24) is 4.98 Å². The zero-order chi connectivity index (χ0) is 16.4. The van der Waals surface area contributed by atoms with Crippen LogP contribution in [0.4, 0.5) is 5.69 Å². The van der Waals surface area contributed by atoms with E-state index in [9.17, 15) is 5.11 Å². The van der Waals surface area contributed by atoms with Crippen LogP contribution < -0.4 is 10.1 Å². The maximum absolute atomic E-state index is 10.00. The summed E-state index contributed by atoms with van der Waals surface area (Å²) in [6.45, 7) is 0.755. The standard InChI is InChI=1S/C19H24N2O2S/c22-17-3-1-2-4-18(17)23-16-9-7-14(8-10-16)20-11-15-12-24-19(21-15)13-5-6-13/h7-10,12-13,17-18,20,22H,1-6,11H2/t17-,18+/m0/s1. The topological polar surface area (TPSA) is 54.4 Å². The molecule has 2 aliphatic rings. The average molecular weight is 344 g/mol. The molecule has 2 atom stereocenters. The fourth-order valence-electron chi connectivity index (χ4n) is 3.16. The second-order valence-corrected chi connectivity index (χ2v) is 7.73. The number of rotatable bonds is 6. The van der Waals surface area contributed by atoms with Crippen LogP contribution in [0.5, 0.6) is 5.75 Å². The second kappa shape index (κ2) is 7.11. The van der Waals surface area contributed by atoms with E-state index in [1.54, 1.807) is 11.3 Å². The molecule has 0 radical (unpaired) electrons. The summed E-state index contributed by atoms with van der Waals surface area (Å²) in [5.41, 5.74) is 2.18. The summed E-state index contributed by atoms with van der Waals surface area (Å²) in [6.07, 6.45) is 6.24. The van der Waals surface area contributed by atoms with Crippen LogP contribution in [0.2, 0.25) is 0 Å². The van der Waals surface area contributed by atoms with Crippen molar-refractivity contribution in [3.63, 3.8) is 0 Å². The van der Waals surface area contributed by atoms with Gasteiger partial charge in [0.2, 0.25) is 0 Å². The lowest BCUT2D eigenvalue weighted by Crippen LogP contribution is -2.34. The number of aliphatic hydroxyl groups excluding tert-OH is 1. The number of thiazole rings is 1. The molecule has 0 amide bonds. The van der Waals surface area contributed by atoms with E-state index >= 15 is 0 Å². The molecule has 0 aliphatic heterocycles. The number of ether oxygens (including phenoxy) is 1. The quantitative estimate of drug-likeness (QED) is 0.820. The van der Waals surface area contributed by atoms with Gasteiger partial charge in [0.05, 0.1) is 23.4 Å². The minimum Gasteiger partial charge on any atom is -0.488 e. The van der Waals surface area contributed by atoms with Gasteiger partial charge < -0.3 is 15.2 Å². The van der Waals surface area contributed by atoms with Gasteiger partial charge in [-0.25, -0.2) is 4.98 Å². The first-order valence-electron chi connectivity index (χ1n) is 8.91. The number of nitrogens with zero attached hydrogens (tertiary/aromatic N) is 1. The molecule has 1 aromatic heterocycles. The molecule has 4 rings (SSSR count). The number of aliphatic hydroxyl groups is 1. The maximum Gasteiger partial charge on any atom is 0.124 e. The Morgan fingerprint density at radius 3 is 2.67 bits per heavy atom. The molecule has 2 N–H and O–H groups in total. The minimum atomic E-state index is -0.332. The molecule has 0 unspecified atom stereocenters. The molecule has 0 saturated heterocycles. The summed E-state index contributed by atoms with van der Waals surface area (Å²) in [6, 6.07) is 8.00. The summed E-state index contributed by atoms with van der Waals surface area (Å²) in [5, 5.41) is 16.9. The zero-order valence-electron chi connectivity index (χ0n) is 13.8. The van der Waals surface area contributed by atoms with Crippen LogP contribution in [-0.4, -0.2) is 22.3 Å². The highest BCUT2D eigenvalue weighted by Gasteiger charge is 2.26. The predicted octanol–water partition coefficient (Wildman–Crippen LogP) is 4.31. The Morgan fingerprint density at radius 1 is 1.12 bits per heavy atom. The number of benzene rings is 1.